The second kappa shape index (κ2) is 7.09. The van der Waals surface area contributed by atoms with Crippen LogP contribution in [0, 0.1) is 0 Å². The number of hydrogen-bond acceptors (Lipinski definition) is 3. The summed E-state index contributed by atoms with van der Waals surface area (Å²) >= 11 is 0. The number of carbonyl (C=O) groups excluding carboxylic acids is 2. The van der Waals surface area contributed by atoms with Crippen molar-refractivity contribution in [3.8, 4) is 5.75 Å². The molecule has 0 aliphatic carbocycles. The van der Waals surface area contributed by atoms with Crippen molar-refractivity contribution in [2.45, 2.75) is 0 Å². The molecule has 108 valence electrons. The van der Waals surface area contributed by atoms with E-state index in [0.29, 0.717) is 24.2 Å². The number of carbonyl (C=O) groups is 2. The number of rotatable bonds is 5. The monoisotopic (exact) mass is 284 g/mol. The van der Waals surface area contributed by atoms with Gasteiger partial charge in [-0.3, -0.25) is 9.59 Å². The molecule has 0 bridgehead atoms. The van der Waals surface area contributed by atoms with Gasteiger partial charge in [0, 0.05) is 24.2 Å². The largest absolute Gasteiger partial charge is 0.508 e. The lowest BCUT2D eigenvalue weighted by Gasteiger charge is -2.07. The minimum Gasteiger partial charge on any atom is -0.508 e. The quantitative estimate of drug-likeness (QED) is 0.729. The van der Waals surface area contributed by atoms with Gasteiger partial charge in [0.25, 0.3) is 11.8 Å². The smallest absolute Gasteiger partial charge is 0.251 e. The van der Waals surface area contributed by atoms with Gasteiger partial charge in [0.2, 0.25) is 0 Å². The molecular formula is C16H16N2O3. The van der Waals surface area contributed by atoms with Crippen LogP contribution in [0.15, 0.2) is 54.6 Å². The fourth-order valence-electron chi connectivity index (χ4n) is 1.76. The van der Waals surface area contributed by atoms with Crippen LogP contribution in [0.25, 0.3) is 0 Å². The number of hydrogen-bond donors (Lipinski definition) is 3. The zero-order valence-corrected chi connectivity index (χ0v) is 11.4. The Morgan fingerprint density at radius 2 is 1.24 bits per heavy atom. The van der Waals surface area contributed by atoms with Gasteiger partial charge in [-0.25, -0.2) is 0 Å². The van der Waals surface area contributed by atoms with Crippen LogP contribution in [-0.4, -0.2) is 30.0 Å². The summed E-state index contributed by atoms with van der Waals surface area (Å²) in [5, 5.41) is 14.6. The molecule has 0 atom stereocenters. The van der Waals surface area contributed by atoms with Crippen molar-refractivity contribution in [1.29, 1.82) is 0 Å². The highest BCUT2D eigenvalue weighted by atomic mass is 16.3. The minimum atomic E-state index is -0.246. The van der Waals surface area contributed by atoms with Crippen LogP contribution in [0.3, 0.4) is 0 Å². The highest BCUT2D eigenvalue weighted by molar-refractivity contribution is 5.95. The topological polar surface area (TPSA) is 78.4 Å². The first-order valence-electron chi connectivity index (χ1n) is 6.57. The Kier molecular flexibility index (Phi) is 4.93. The second-order valence-electron chi connectivity index (χ2n) is 4.42. The molecule has 0 radical (unpaired) electrons. The van der Waals surface area contributed by atoms with Gasteiger partial charge in [0.1, 0.15) is 5.75 Å². The fraction of sp³-hybridized carbons (Fsp3) is 0.125. The molecule has 0 aromatic heterocycles. The lowest BCUT2D eigenvalue weighted by atomic mass is 10.2. The van der Waals surface area contributed by atoms with Crippen LogP contribution in [0.2, 0.25) is 0 Å². The molecule has 0 aliphatic rings. The molecule has 3 N–H and O–H groups in total. The summed E-state index contributed by atoms with van der Waals surface area (Å²) < 4.78 is 0. The molecule has 0 heterocycles. The maximum absolute atomic E-state index is 11.8. The summed E-state index contributed by atoms with van der Waals surface area (Å²) in [7, 11) is 0. The molecule has 2 amide bonds. The summed E-state index contributed by atoms with van der Waals surface area (Å²) in [5.74, 6) is -0.305. The molecule has 5 heteroatoms. The zero-order valence-electron chi connectivity index (χ0n) is 11.4. The predicted molar refractivity (Wildman–Crippen MR) is 79.2 cm³/mol. The van der Waals surface area contributed by atoms with E-state index in [1.807, 2.05) is 6.07 Å². The summed E-state index contributed by atoms with van der Waals surface area (Å²) in [6.45, 7) is 0.676. The number of phenols is 1. The third kappa shape index (κ3) is 4.35. The van der Waals surface area contributed by atoms with Crippen LogP contribution in [0.5, 0.6) is 5.75 Å². The highest BCUT2D eigenvalue weighted by Crippen LogP contribution is 2.09. The molecular weight excluding hydrogens is 268 g/mol. The Morgan fingerprint density at radius 1 is 0.762 bits per heavy atom. The first-order valence-corrected chi connectivity index (χ1v) is 6.57. The van der Waals surface area contributed by atoms with Crippen LogP contribution in [0.4, 0.5) is 0 Å². The van der Waals surface area contributed by atoms with E-state index in [0.717, 1.165) is 0 Å². The van der Waals surface area contributed by atoms with E-state index in [1.165, 1.54) is 24.3 Å². The van der Waals surface area contributed by atoms with Crippen molar-refractivity contribution in [3.63, 3.8) is 0 Å². The van der Waals surface area contributed by atoms with Crippen molar-refractivity contribution in [2.75, 3.05) is 13.1 Å². The molecule has 2 aromatic rings. The number of phenolic OH excluding ortho intramolecular Hbond substituents is 1. The van der Waals surface area contributed by atoms with E-state index in [4.69, 9.17) is 5.11 Å². The first kappa shape index (κ1) is 14.6. The molecule has 0 saturated heterocycles. The van der Waals surface area contributed by atoms with Crippen molar-refractivity contribution >= 4 is 11.8 Å². The molecule has 0 fully saturated rings. The van der Waals surface area contributed by atoms with Gasteiger partial charge in [0.05, 0.1) is 0 Å². The third-order valence-corrected chi connectivity index (χ3v) is 2.86. The standard InChI is InChI=1S/C16H16N2O3/c19-14-8-6-13(7-9-14)16(21)18-11-10-17-15(20)12-4-2-1-3-5-12/h1-9,19H,10-11H2,(H,17,20)(H,18,21). The third-order valence-electron chi connectivity index (χ3n) is 2.86. The van der Waals surface area contributed by atoms with Crippen LogP contribution in [-0.2, 0) is 0 Å². The SMILES string of the molecule is O=C(NCCNC(=O)c1ccc(O)cc1)c1ccccc1. The molecule has 0 saturated carbocycles. The Balaban J connectivity index is 1.73. The van der Waals surface area contributed by atoms with Crippen molar-refractivity contribution in [3.05, 3.63) is 65.7 Å². The molecule has 5 nitrogen and oxygen atoms in total. The second-order valence-corrected chi connectivity index (χ2v) is 4.42. The van der Waals surface area contributed by atoms with Crippen LogP contribution in [0.1, 0.15) is 20.7 Å². The van der Waals surface area contributed by atoms with Crippen molar-refractivity contribution < 1.29 is 14.7 Å². The molecule has 2 aromatic carbocycles. The molecule has 0 spiro atoms. The Bertz CT molecular complexity index is 609. The predicted octanol–water partition coefficient (Wildman–Crippen LogP) is 1.55. The van der Waals surface area contributed by atoms with Gasteiger partial charge < -0.3 is 15.7 Å². The summed E-state index contributed by atoms with van der Waals surface area (Å²) in [4.78, 5) is 23.5. The number of aromatic hydroxyl groups is 1. The van der Waals surface area contributed by atoms with Gasteiger partial charge in [-0.1, -0.05) is 18.2 Å². The summed E-state index contributed by atoms with van der Waals surface area (Å²) in [5.41, 5.74) is 1.05. The van der Waals surface area contributed by atoms with E-state index >= 15 is 0 Å². The summed E-state index contributed by atoms with van der Waals surface area (Å²) in [6, 6.07) is 14.9. The number of amides is 2. The van der Waals surface area contributed by atoms with Gasteiger partial charge in [-0.05, 0) is 36.4 Å². The fourth-order valence-corrected chi connectivity index (χ4v) is 1.76. The van der Waals surface area contributed by atoms with E-state index in [2.05, 4.69) is 10.6 Å². The number of benzene rings is 2. The summed E-state index contributed by atoms with van der Waals surface area (Å²) in [6.07, 6.45) is 0. The molecule has 0 aliphatic heterocycles. The van der Waals surface area contributed by atoms with E-state index < -0.39 is 0 Å². The van der Waals surface area contributed by atoms with E-state index in [-0.39, 0.29) is 17.6 Å². The zero-order chi connectivity index (χ0) is 15.1. The lowest BCUT2D eigenvalue weighted by Crippen LogP contribution is -2.34. The number of nitrogens with one attached hydrogen (secondary N) is 2. The molecule has 0 unspecified atom stereocenters. The highest BCUT2D eigenvalue weighted by Gasteiger charge is 2.06. The average molecular weight is 284 g/mol. The molecule has 21 heavy (non-hydrogen) atoms. The van der Waals surface area contributed by atoms with Gasteiger partial charge >= 0.3 is 0 Å². The maximum atomic E-state index is 11.8. The van der Waals surface area contributed by atoms with E-state index in [9.17, 15) is 9.59 Å². The Labute approximate surface area is 122 Å². The van der Waals surface area contributed by atoms with Crippen molar-refractivity contribution in [2.24, 2.45) is 0 Å². The van der Waals surface area contributed by atoms with Crippen LogP contribution >= 0.6 is 0 Å². The molecule has 2 rings (SSSR count). The minimum absolute atomic E-state index is 0.113. The average Bonchev–Trinajstić information content (AvgIpc) is 2.52. The van der Waals surface area contributed by atoms with E-state index in [1.54, 1.807) is 24.3 Å². The van der Waals surface area contributed by atoms with Gasteiger partial charge in [-0.2, -0.15) is 0 Å². The Hall–Kier alpha value is -2.82. The maximum Gasteiger partial charge on any atom is 0.251 e. The van der Waals surface area contributed by atoms with Gasteiger partial charge in [-0.15, -0.1) is 0 Å². The Morgan fingerprint density at radius 3 is 1.76 bits per heavy atom. The van der Waals surface area contributed by atoms with Gasteiger partial charge in [0.15, 0.2) is 0 Å². The lowest BCUT2D eigenvalue weighted by molar-refractivity contribution is 0.0927. The first-order chi connectivity index (χ1) is 10.2. The van der Waals surface area contributed by atoms with Crippen molar-refractivity contribution in [1.82, 2.24) is 10.6 Å². The normalized spacial score (nSPS) is 9.90. The van der Waals surface area contributed by atoms with Crippen LogP contribution < -0.4 is 10.6 Å².